The SMILES string of the molecule is CC(c1ccc(-c2ccc(NC(=O)c3cccc(F)c3)cc2)cc1)N(C)C. The van der Waals surface area contributed by atoms with Crippen LogP contribution in [0.2, 0.25) is 0 Å². The Morgan fingerprint density at radius 3 is 2.07 bits per heavy atom. The van der Waals surface area contributed by atoms with Crippen molar-refractivity contribution in [3.8, 4) is 11.1 Å². The fourth-order valence-corrected chi connectivity index (χ4v) is 2.83. The number of hydrogen-bond donors (Lipinski definition) is 1. The van der Waals surface area contributed by atoms with E-state index in [1.807, 2.05) is 24.3 Å². The zero-order valence-corrected chi connectivity index (χ0v) is 15.7. The van der Waals surface area contributed by atoms with Crippen LogP contribution in [0.5, 0.6) is 0 Å². The first-order chi connectivity index (χ1) is 12.9. The zero-order chi connectivity index (χ0) is 19.4. The highest BCUT2D eigenvalue weighted by Gasteiger charge is 2.09. The summed E-state index contributed by atoms with van der Waals surface area (Å²) in [4.78, 5) is 14.4. The summed E-state index contributed by atoms with van der Waals surface area (Å²) in [5.74, 6) is -0.755. The second-order valence-electron chi connectivity index (χ2n) is 6.80. The largest absolute Gasteiger partial charge is 0.322 e. The van der Waals surface area contributed by atoms with Gasteiger partial charge in [0.15, 0.2) is 0 Å². The molecule has 1 unspecified atom stereocenters. The lowest BCUT2D eigenvalue weighted by molar-refractivity contribution is 0.102. The van der Waals surface area contributed by atoms with Crippen molar-refractivity contribution >= 4 is 11.6 Å². The van der Waals surface area contributed by atoms with E-state index in [4.69, 9.17) is 0 Å². The molecule has 0 aliphatic rings. The van der Waals surface area contributed by atoms with E-state index < -0.39 is 5.82 Å². The van der Waals surface area contributed by atoms with E-state index in [2.05, 4.69) is 55.5 Å². The highest BCUT2D eigenvalue weighted by Crippen LogP contribution is 2.25. The first kappa shape index (κ1) is 18.8. The highest BCUT2D eigenvalue weighted by molar-refractivity contribution is 6.04. The van der Waals surface area contributed by atoms with Crippen molar-refractivity contribution in [1.82, 2.24) is 4.90 Å². The zero-order valence-electron chi connectivity index (χ0n) is 15.7. The van der Waals surface area contributed by atoms with Crippen molar-refractivity contribution in [2.75, 3.05) is 19.4 Å². The van der Waals surface area contributed by atoms with Crippen molar-refractivity contribution in [2.45, 2.75) is 13.0 Å². The van der Waals surface area contributed by atoms with Crippen LogP contribution < -0.4 is 5.32 Å². The van der Waals surface area contributed by atoms with Crippen LogP contribution in [0.1, 0.15) is 28.9 Å². The number of carbonyl (C=O) groups is 1. The lowest BCUT2D eigenvalue weighted by Gasteiger charge is -2.20. The van der Waals surface area contributed by atoms with Gasteiger partial charge >= 0.3 is 0 Å². The minimum Gasteiger partial charge on any atom is -0.322 e. The van der Waals surface area contributed by atoms with E-state index in [1.54, 1.807) is 6.07 Å². The Morgan fingerprint density at radius 2 is 1.52 bits per heavy atom. The third-order valence-corrected chi connectivity index (χ3v) is 4.73. The molecule has 138 valence electrons. The molecule has 0 radical (unpaired) electrons. The Labute approximate surface area is 159 Å². The van der Waals surface area contributed by atoms with Crippen molar-refractivity contribution < 1.29 is 9.18 Å². The van der Waals surface area contributed by atoms with Crippen LogP contribution in [0.3, 0.4) is 0 Å². The summed E-state index contributed by atoms with van der Waals surface area (Å²) in [6.45, 7) is 2.17. The number of nitrogens with one attached hydrogen (secondary N) is 1. The van der Waals surface area contributed by atoms with E-state index >= 15 is 0 Å². The molecule has 4 heteroatoms. The lowest BCUT2D eigenvalue weighted by Crippen LogP contribution is -2.16. The average Bonchev–Trinajstić information content (AvgIpc) is 2.68. The first-order valence-corrected chi connectivity index (χ1v) is 8.88. The lowest BCUT2D eigenvalue weighted by atomic mass is 10.0. The summed E-state index contributed by atoms with van der Waals surface area (Å²) in [5, 5.41) is 2.79. The molecule has 3 nitrogen and oxygen atoms in total. The summed E-state index contributed by atoms with van der Waals surface area (Å²) in [5.41, 5.74) is 4.42. The molecule has 0 aromatic heterocycles. The van der Waals surface area contributed by atoms with Gasteiger partial charge < -0.3 is 10.2 Å². The number of amides is 1. The molecule has 0 bridgehead atoms. The van der Waals surface area contributed by atoms with Gasteiger partial charge in [-0.15, -0.1) is 0 Å². The molecule has 0 heterocycles. The second kappa shape index (κ2) is 8.14. The van der Waals surface area contributed by atoms with Crippen LogP contribution in [0.4, 0.5) is 10.1 Å². The number of hydrogen-bond acceptors (Lipinski definition) is 2. The number of rotatable bonds is 5. The highest BCUT2D eigenvalue weighted by atomic mass is 19.1. The van der Waals surface area contributed by atoms with E-state index in [-0.39, 0.29) is 5.91 Å². The number of anilines is 1. The quantitative estimate of drug-likeness (QED) is 0.662. The molecule has 1 atom stereocenters. The summed E-state index contributed by atoms with van der Waals surface area (Å²) < 4.78 is 13.2. The van der Waals surface area contributed by atoms with Crippen LogP contribution in [0, 0.1) is 5.82 Å². The molecule has 0 fully saturated rings. The molecule has 1 N–H and O–H groups in total. The van der Waals surface area contributed by atoms with Crippen molar-refractivity contribution in [2.24, 2.45) is 0 Å². The molecule has 3 aromatic carbocycles. The number of benzene rings is 3. The van der Waals surface area contributed by atoms with Gasteiger partial charge in [-0.25, -0.2) is 4.39 Å². The number of carbonyl (C=O) groups excluding carboxylic acids is 1. The molecular formula is C23H23FN2O. The maximum absolute atomic E-state index is 13.2. The van der Waals surface area contributed by atoms with Gasteiger partial charge in [-0.2, -0.15) is 0 Å². The van der Waals surface area contributed by atoms with Crippen LogP contribution >= 0.6 is 0 Å². The Balaban J connectivity index is 1.71. The fraction of sp³-hybridized carbons (Fsp3) is 0.174. The molecule has 3 rings (SSSR count). The molecule has 1 amide bonds. The van der Waals surface area contributed by atoms with Crippen LogP contribution in [0.15, 0.2) is 72.8 Å². The van der Waals surface area contributed by atoms with Gasteiger partial charge in [0.05, 0.1) is 0 Å². The van der Waals surface area contributed by atoms with Crippen LogP contribution in [-0.4, -0.2) is 24.9 Å². The molecule has 3 aromatic rings. The van der Waals surface area contributed by atoms with E-state index in [0.29, 0.717) is 17.3 Å². The molecule has 0 aliphatic heterocycles. The smallest absolute Gasteiger partial charge is 0.255 e. The Morgan fingerprint density at radius 1 is 0.926 bits per heavy atom. The monoisotopic (exact) mass is 362 g/mol. The van der Waals surface area contributed by atoms with Crippen LogP contribution in [0.25, 0.3) is 11.1 Å². The van der Waals surface area contributed by atoms with Gasteiger partial charge in [0, 0.05) is 17.3 Å². The number of halogens is 1. The molecule has 0 saturated heterocycles. The van der Waals surface area contributed by atoms with Gasteiger partial charge in [-0.05, 0) is 68.0 Å². The third kappa shape index (κ3) is 4.60. The Bertz CT molecular complexity index is 918. The van der Waals surface area contributed by atoms with E-state index in [0.717, 1.165) is 11.1 Å². The van der Waals surface area contributed by atoms with Crippen molar-refractivity contribution in [3.63, 3.8) is 0 Å². The summed E-state index contributed by atoms with van der Waals surface area (Å²) in [6, 6.07) is 22.1. The molecular weight excluding hydrogens is 339 g/mol. The summed E-state index contributed by atoms with van der Waals surface area (Å²) in [7, 11) is 4.13. The van der Waals surface area contributed by atoms with Gasteiger partial charge in [0.25, 0.3) is 5.91 Å². The van der Waals surface area contributed by atoms with Gasteiger partial charge in [-0.3, -0.25) is 4.79 Å². The second-order valence-corrected chi connectivity index (χ2v) is 6.80. The summed E-state index contributed by atoms with van der Waals surface area (Å²) >= 11 is 0. The van der Waals surface area contributed by atoms with Gasteiger partial charge in [0.2, 0.25) is 0 Å². The van der Waals surface area contributed by atoms with Crippen molar-refractivity contribution in [1.29, 1.82) is 0 Å². The predicted octanol–water partition coefficient (Wildman–Crippen LogP) is 5.37. The predicted molar refractivity (Wildman–Crippen MR) is 108 cm³/mol. The molecule has 27 heavy (non-hydrogen) atoms. The normalized spacial score (nSPS) is 12.0. The minimum atomic E-state index is -0.426. The average molecular weight is 362 g/mol. The molecule has 0 saturated carbocycles. The molecule has 0 spiro atoms. The fourth-order valence-electron chi connectivity index (χ4n) is 2.83. The molecule has 0 aliphatic carbocycles. The first-order valence-electron chi connectivity index (χ1n) is 8.88. The van der Waals surface area contributed by atoms with Crippen LogP contribution in [-0.2, 0) is 0 Å². The number of nitrogens with zero attached hydrogens (tertiary/aromatic N) is 1. The maximum Gasteiger partial charge on any atom is 0.255 e. The topological polar surface area (TPSA) is 32.3 Å². The van der Waals surface area contributed by atoms with Gasteiger partial charge in [-0.1, -0.05) is 42.5 Å². The minimum absolute atomic E-state index is 0.296. The Kier molecular flexibility index (Phi) is 5.67. The standard InChI is InChI=1S/C23H23FN2O/c1-16(26(2)3)17-7-9-18(10-8-17)19-11-13-22(14-12-19)25-23(27)20-5-4-6-21(24)15-20/h4-16H,1-3H3,(H,25,27). The van der Waals surface area contributed by atoms with E-state index in [9.17, 15) is 9.18 Å². The van der Waals surface area contributed by atoms with Crippen molar-refractivity contribution in [3.05, 3.63) is 89.7 Å². The van der Waals surface area contributed by atoms with E-state index in [1.165, 1.54) is 23.8 Å². The summed E-state index contributed by atoms with van der Waals surface area (Å²) in [6.07, 6.45) is 0. The third-order valence-electron chi connectivity index (χ3n) is 4.73. The Hall–Kier alpha value is -2.98. The van der Waals surface area contributed by atoms with Gasteiger partial charge in [0.1, 0.15) is 5.82 Å². The maximum atomic E-state index is 13.2.